The third-order valence-electron chi connectivity index (χ3n) is 3.55. The van der Waals surface area contributed by atoms with E-state index in [-0.39, 0.29) is 6.54 Å². The van der Waals surface area contributed by atoms with Gasteiger partial charge in [-0.25, -0.2) is 9.00 Å². The minimum atomic E-state index is -2.51. The summed E-state index contributed by atoms with van der Waals surface area (Å²) in [7, 11) is -2.51. The molecule has 150 valence electrons. The summed E-state index contributed by atoms with van der Waals surface area (Å²) in [5, 5.41) is 5.07. The maximum Gasteiger partial charge on any atom is 0.315 e. The summed E-state index contributed by atoms with van der Waals surface area (Å²) < 4.78 is 20.6. The fourth-order valence-corrected chi connectivity index (χ4v) is 2.92. The third kappa shape index (κ3) is 8.79. The van der Waals surface area contributed by atoms with Crippen molar-refractivity contribution in [3.8, 4) is 0 Å². The number of nitrogens with zero attached hydrogens (tertiary/aromatic N) is 1. The van der Waals surface area contributed by atoms with Gasteiger partial charge in [0.15, 0.2) is 0 Å². The zero-order valence-electron chi connectivity index (χ0n) is 16.0. The van der Waals surface area contributed by atoms with Gasteiger partial charge in [0.05, 0.1) is 13.2 Å². The van der Waals surface area contributed by atoms with Crippen LogP contribution in [-0.4, -0.2) is 35.2 Å². The van der Waals surface area contributed by atoms with Crippen LogP contribution in [0.4, 0.5) is 4.79 Å². The molecule has 0 aromatic heterocycles. The number of ether oxygens (including phenoxy) is 1. The number of hydrogen-bond donors (Lipinski definition) is 2. The quantitative estimate of drug-likeness (QED) is 0.708. The molecule has 0 fully saturated rings. The lowest BCUT2D eigenvalue weighted by atomic mass is 10.1. The van der Waals surface area contributed by atoms with Gasteiger partial charge in [-0.15, -0.1) is 0 Å². The fourth-order valence-electron chi connectivity index (χ4n) is 2.37. The molecule has 0 bridgehead atoms. The van der Waals surface area contributed by atoms with Gasteiger partial charge in [0.2, 0.25) is 0 Å². The predicted molar refractivity (Wildman–Crippen MR) is 109 cm³/mol. The van der Waals surface area contributed by atoms with Gasteiger partial charge >= 0.3 is 6.03 Å². The van der Waals surface area contributed by atoms with Crippen LogP contribution in [0.1, 0.15) is 16.7 Å². The number of rotatable bonds is 8. The van der Waals surface area contributed by atoms with Crippen molar-refractivity contribution >= 4 is 21.7 Å². The number of amides is 3. The molecule has 7 nitrogen and oxygen atoms in total. The van der Waals surface area contributed by atoms with E-state index in [2.05, 4.69) is 15.0 Å². The van der Waals surface area contributed by atoms with Gasteiger partial charge in [0.25, 0.3) is 5.91 Å². The second kappa shape index (κ2) is 10.6. The van der Waals surface area contributed by atoms with E-state index in [4.69, 9.17) is 4.74 Å². The van der Waals surface area contributed by atoms with Crippen molar-refractivity contribution in [1.82, 2.24) is 10.6 Å². The standard InChI is InChI=1S/C20H25N3O4S/c1-28(2,26)23-19(24)13-22-20(25)21-12-17-9-6-10-18(11-17)15-27-14-16-7-4-3-5-8-16/h3-11H,12-15H2,1-2H3,(H2,21,22,25). The van der Waals surface area contributed by atoms with Crippen LogP contribution >= 0.6 is 0 Å². The van der Waals surface area contributed by atoms with Crippen LogP contribution < -0.4 is 10.6 Å². The highest BCUT2D eigenvalue weighted by atomic mass is 32.2. The van der Waals surface area contributed by atoms with Crippen LogP contribution in [0.2, 0.25) is 0 Å². The van der Waals surface area contributed by atoms with Crippen molar-refractivity contribution in [2.45, 2.75) is 19.8 Å². The lowest BCUT2D eigenvalue weighted by Crippen LogP contribution is -2.37. The molecule has 0 unspecified atom stereocenters. The van der Waals surface area contributed by atoms with Gasteiger partial charge in [0, 0.05) is 28.8 Å². The lowest BCUT2D eigenvalue weighted by molar-refractivity contribution is -0.116. The third-order valence-corrected chi connectivity index (χ3v) is 4.19. The summed E-state index contributed by atoms with van der Waals surface area (Å²) in [6, 6.07) is 17.1. The molecule has 0 aliphatic rings. The first-order chi connectivity index (χ1) is 13.3. The van der Waals surface area contributed by atoms with Crippen molar-refractivity contribution in [2.24, 2.45) is 4.36 Å². The van der Waals surface area contributed by atoms with Gasteiger partial charge in [-0.1, -0.05) is 54.6 Å². The van der Waals surface area contributed by atoms with E-state index in [1.165, 1.54) is 12.5 Å². The highest BCUT2D eigenvalue weighted by molar-refractivity contribution is 7.92. The lowest BCUT2D eigenvalue weighted by Gasteiger charge is -2.09. The van der Waals surface area contributed by atoms with E-state index >= 15 is 0 Å². The zero-order chi connectivity index (χ0) is 20.4. The van der Waals surface area contributed by atoms with Crippen LogP contribution in [-0.2, 0) is 39.0 Å². The number of benzene rings is 2. The second-order valence-electron chi connectivity index (χ2n) is 6.50. The first kappa shape index (κ1) is 21.6. The van der Waals surface area contributed by atoms with Gasteiger partial charge in [-0.2, -0.15) is 4.36 Å². The molecule has 0 aliphatic heterocycles. The van der Waals surface area contributed by atoms with E-state index in [0.29, 0.717) is 19.8 Å². The highest BCUT2D eigenvalue weighted by Gasteiger charge is 2.06. The van der Waals surface area contributed by atoms with Crippen LogP contribution in [0.5, 0.6) is 0 Å². The molecule has 2 N–H and O–H groups in total. The Morgan fingerprint density at radius 3 is 2.29 bits per heavy atom. The van der Waals surface area contributed by atoms with E-state index < -0.39 is 21.7 Å². The highest BCUT2D eigenvalue weighted by Crippen LogP contribution is 2.09. The maximum absolute atomic E-state index is 11.8. The summed E-state index contributed by atoms with van der Waals surface area (Å²) >= 11 is 0. The molecule has 0 spiro atoms. The maximum atomic E-state index is 11.8. The topological polar surface area (TPSA) is 96.9 Å². The molecule has 0 saturated carbocycles. The Hall–Kier alpha value is -2.71. The summed E-state index contributed by atoms with van der Waals surface area (Å²) in [5.41, 5.74) is 3.03. The van der Waals surface area contributed by atoms with Crippen molar-refractivity contribution in [3.63, 3.8) is 0 Å². The molecule has 0 saturated heterocycles. The van der Waals surface area contributed by atoms with Crippen LogP contribution in [0.3, 0.4) is 0 Å². The fraction of sp³-hybridized carbons (Fsp3) is 0.300. The average molecular weight is 404 g/mol. The van der Waals surface area contributed by atoms with Crippen molar-refractivity contribution < 1.29 is 18.5 Å². The van der Waals surface area contributed by atoms with Crippen molar-refractivity contribution in [3.05, 3.63) is 71.3 Å². The molecule has 2 rings (SSSR count). The van der Waals surface area contributed by atoms with E-state index in [1.807, 2.05) is 54.6 Å². The van der Waals surface area contributed by atoms with E-state index in [1.54, 1.807) is 0 Å². The average Bonchev–Trinajstić information content (AvgIpc) is 2.65. The molecule has 3 amide bonds. The molecule has 0 aliphatic carbocycles. The molecule has 0 radical (unpaired) electrons. The Kier molecular flexibility index (Phi) is 8.16. The number of carbonyl (C=O) groups is 2. The first-order valence-corrected chi connectivity index (χ1v) is 11.1. The van der Waals surface area contributed by atoms with Gasteiger partial charge in [-0.3, -0.25) is 4.79 Å². The molecule has 2 aromatic rings. The molecular formula is C20H25N3O4S. The van der Waals surface area contributed by atoms with Crippen LogP contribution in [0.25, 0.3) is 0 Å². The summed E-state index contributed by atoms with van der Waals surface area (Å²) in [5.74, 6) is -0.622. The predicted octanol–water partition coefficient (Wildman–Crippen LogP) is 2.46. The Labute approximate surface area is 165 Å². The SMILES string of the molecule is CS(C)(=O)=NC(=O)CNC(=O)NCc1cccc(COCc2ccccc2)c1. The molecule has 0 heterocycles. The Morgan fingerprint density at radius 1 is 0.929 bits per heavy atom. The van der Waals surface area contributed by atoms with Gasteiger partial charge < -0.3 is 15.4 Å². The molecule has 28 heavy (non-hydrogen) atoms. The molecule has 0 atom stereocenters. The monoisotopic (exact) mass is 403 g/mol. The summed E-state index contributed by atoms with van der Waals surface area (Å²) in [6.45, 7) is 1.02. The number of carbonyl (C=O) groups excluding carboxylic acids is 2. The normalized spacial score (nSPS) is 10.9. The smallest absolute Gasteiger partial charge is 0.315 e. The largest absolute Gasteiger partial charge is 0.372 e. The molecule has 8 heteroatoms. The molecule has 2 aromatic carbocycles. The number of urea groups is 1. The van der Waals surface area contributed by atoms with Crippen LogP contribution in [0.15, 0.2) is 59.0 Å². The number of hydrogen-bond acceptors (Lipinski definition) is 4. The summed E-state index contributed by atoms with van der Waals surface area (Å²) in [4.78, 5) is 23.3. The minimum absolute atomic E-state index is 0.294. The van der Waals surface area contributed by atoms with Gasteiger partial charge in [-0.05, 0) is 16.7 Å². The van der Waals surface area contributed by atoms with Crippen molar-refractivity contribution in [2.75, 3.05) is 19.1 Å². The first-order valence-electron chi connectivity index (χ1n) is 8.73. The van der Waals surface area contributed by atoms with Gasteiger partial charge in [0.1, 0.15) is 6.54 Å². The zero-order valence-corrected chi connectivity index (χ0v) is 16.8. The second-order valence-corrected chi connectivity index (χ2v) is 9.05. The summed E-state index contributed by atoms with van der Waals surface area (Å²) in [6.07, 6.45) is 2.73. The van der Waals surface area contributed by atoms with Crippen molar-refractivity contribution in [1.29, 1.82) is 0 Å². The molecular weight excluding hydrogens is 378 g/mol. The number of nitrogens with one attached hydrogen (secondary N) is 2. The van der Waals surface area contributed by atoms with E-state index in [9.17, 15) is 13.8 Å². The van der Waals surface area contributed by atoms with Crippen LogP contribution in [0, 0.1) is 0 Å². The Balaban J connectivity index is 1.75. The Bertz CT molecular complexity index is 914. The minimum Gasteiger partial charge on any atom is -0.372 e. The Morgan fingerprint density at radius 2 is 1.57 bits per heavy atom. The van der Waals surface area contributed by atoms with E-state index in [0.717, 1.165) is 16.7 Å².